The Hall–Kier alpha value is -1.74. The van der Waals surface area contributed by atoms with E-state index < -0.39 is 0 Å². The summed E-state index contributed by atoms with van der Waals surface area (Å²) in [5.74, 6) is 0.938. The van der Waals surface area contributed by atoms with Crippen molar-refractivity contribution in [3.8, 4) is 5.75 Å². The summed E-state index contributed by atoms with van der Waals surface area (Å²) in [5, 5.41) is 1.26. The molecule has 2 nitrogen and oxygen atoms in total. The van der Waals surface area contributed by atoms with Crippen LogP contribution in [-0.4, -0.2) is 11.2 Å². The minimum Gasteiger partial charge on any atom is -0.494 e. The lowest BCUT2D eigenvalue weighted by atomic mass is 10.2. The zero-order valence-corrected chi connectivity index (χ0v) is 12.7. The molecule has 3 heteroatoms. The van der Waals surface area contributed by atoms with Gasteiger partial charge in [-0.3, -0.25) is 0 Å². The first-order valence-corrected chi connectivity index (χ1v) is 7.55. The molecule has 3 aromatic rings. The monoisotopic (exact) mass is 329 g/mol. The Labute approximate surface area is 127 Å². The van der Waals surface area contributed by atoms with Gasteiger partial charge in [-0.15, -0.1) is 0 Å². The smallest absolute Gasteiger partial charge is 0.119 e. The second kappa shape index (κ2) is 6.14. The van der Waals surface area contributed by atoms with Gasteiger partial charge in [0.05, 0.1) is 6.61 Å². The van der Waals surface area contributed by atoms with Crippen LogP contribution in [0.2, 0.25) is 0 Å². The van der Waals surface area contributed by atoms with Gasteiger partial charge in [0, 0.05) is 28.1 Å². The number of ether oxygens (including phenoxy) is 1. The molecule has 0 saturated heterocycles. The van der Waals surface area contributed by atoms with Crippen LogP contribution in [0.4, 0.5) is 0 Å². The van der Waals surface area contributed by atoms with Gasteiger partial charge >= 0.3 is 0 Å². The van der Waals surface area contributed by atoms with Crippen molar-refractivity contribution in [1.29, 1.82) is 0 Å². The molecule has 3 rings (SSSR count). The van der Waals surface area contributed by atoms with E-state index in [1.54, 1.807) is 0 Å². The third kappa shape index (κ3) is 2.88. The normalized spacial score (nSPS) is 10.8. The van der Waals surface area contributed by atoms with Crippen LogP contribution in [-0.2, 0) is 6.54 Å². The molecule has 0 bridgehead atoms. The van der Waals surface area contributed by atoms with Crippen LogP contribution in [0, 0.1) is 0 Å². The summed E-state index contributed by atoms with van der Waals surface area (Å²) < 4.78 is 9.14. The summed E-state index contributed by atoms with van der Waals surface area (Å²) in [7, 11) is 0. The third-order valence-corrected chi connectivity index (χ3v) is 4.01. The van der Waals surface area contributed by atoms with Crippen molar-refractivity contribution in [2.45, 2.75) is 13.0 Å². The number of aryl methyl sites for hydroxylation is 1. The van der Waals surface area contributed by atoms with Gasteiger partial charge in [-0.2, -0.15) is 0 Å². The first-order chi connectivity index (χ1) is 9.84. The zero-order valence-electron chi connectivity index (χ0n) is 11.1. The molecule has 102 valence electrons. The highest BCUT2D eigenvalue weighted by atomic mass is 79.9. The number of benzene rings is 2. The van der Waals surface area contributed by atoms with Crippen molar-refractivity contribution in [1.82, 2.24) is 4.57 Å². The van der Waals surface area contributed by atoms with E-state index in [2.05, 4.69) is 51.0 Å². The Balaban J connectivity index is 1.59. The van der Waals surface area contributed by atoms with Gasteiger partial charge in [-0.05, 0) is 36.8 Å². The number of nitrogens with zero attached hydrogens (tertiary/aromatic N) is 1. The quantitative estimate of drug-likeness (QED) is 0.609. The maximum absolute atomic E-state index is 5.72. The SMILES string of the molecule is Brc1cccc2c1ccn2CCCOc1ccccc1. The minimum absolute atomic E-state index is 0.734. The van der Waals surface area contributed by atoms with E-state index in [0.717, 1.165) is 29.8 Å². The highest BCUT2D eigenvalue weighted by molar-refractivity contribution is 9.10. The summed E-state index contributed by atoms with van der Waals surface area (Å²) in [6.07, 6.45) is 3.13. The van der Waals surface area contributed by atoms with Gasteiger partial charge in [0.1, 0.15) is 5.75 Å². The lowest BCUT2D eigenvalue weighted by Gasteiger charge is -2.08. The van der Waals surface area contributed by atoms with Crippen molar-refractivity contribution in [2.75, 3.05) is 6.61 Å². The number of hydrogen-bond donors (Lipinski definition) is 0. The highest BCUT2D eigenvalue weighted by Gasteiger charge is 2.03. The largest absolute Gasteiger partial charge is 0.494 e. The van der Waals surface area contributed by atoms with Gasteiger partial charge in [-0.1, -0.05) is 40.2 Å². The van der Waals surface area contributed by atoms with E-state index in [1.807, 2.05) is 30.3 Å². The van der Waals surface area contributed by atoms with Crippen molar-refractivity contribution in [3.63, 3.8) is 0 Å². The Morgan fingerprint density at radius 3 is 2.65 bits per heavy atom. The number of hydrogen-bond acceptors (Lipinski definition) is 1. The first kappa shape index (κ1) is 13.3. The fraction of sp³-hybridized carbons (Fsp3) is 0.176. The fourth-order valence-electron chi connectivity index (χ4n) is 2.32. The lowest BCUT2D eigenvalue weighted by Crippen LogP contribution is -2.03. The molecular formula is C17H16BrNO. The standard InChI is InChI=1S/C17H16BrNO/c18-16-8-4-9-17-15(16)10-12-19(17)11-5-13-20-14-6-2-1-3-7-14/h1-4,6-10,12H,5,11,13H2. The van der Waals surface area contributed by atoms with Crippen LogP contribution >= 0.6 is 15.9 Å². The Bertz CT molecular complexity index is 691. The van der Waals surface area contributed by atoms with Crippen molar-refractivity contribution >= 4 is 26.8 Å². The van der Waals surface area contributed by atoms with Crippen molar-refractivity contribution in [2.24, 2.45) is 0 Å². The highest BCUT2D eigenvalue weighted by Crippen LogP contribution is 2.24. The summed E-state index contributed by atoms with van der Waals surface area (Å²) >= 11 is 3.58. The molecule has 0 radical (unpaired) electrons. The molecule has 0 aliphatic carbocycles. The van der Waals surface area contributed by atoms with Crippen LogP contribution in [0.25, 0.3) is 10.9 Å². The van der Waals surface area contributed by atoms with Crippen molar-refractivity contribution in [3.05, 3.63) is 65.3 Å². The molecule has 0 amide bonds. The third-order valence-electron chi connectivity index (χ3n) is 3.32. The predicted octanol–water partition coefficient (Wildman–Crippen LogP) is 4.87. The molecule has 1 heterocycles. The molecular weight excluding hydrogens is 314 g/mol. The minimum atomic E-state index is 0.734. The summed E-state index contributed by atoms with van der Waals surface area (Å²) in [6.45, 7) is 1.70. The molecule has 0 fully saturated rings. The molecule has 20 heavy (non-hydrogen) atoms. The number of para-hydroxylation sites is 1. The van der Waals surface area contributed by atoms with Gasteiger partial charge in [-0.25, -0.2) is 0 Å². The van der Waals surface area contributed by atoms with E-state index in [-0.39, 0.29) is 0 Å². The Morgan fingerprint density at radius 2 is 1.80 bits per heavy atom. The second-order valence-corrected chi connectivity index (χ2v) is 5.55. The molecule has 0 atom stereocenters. The first-order valence-electron chi connectivity index (χ1n) is 6.76. The lowest BCUT2D eigenvalue weighted by molar-refractivity contribution is 0.302. The zero-order chi connectivity index (χ0) is 13.8. The van der Waals surface area contributed by atoms with Gasteiger partial charge in [0.15, 0.2) is 0 Å². The fourth-order valence-corrected chi connectivity index (χ4v) is 2.81. The maximum atomic E-state index is 5.72. The van der Waals surface area contributed by atoms with E-state index in [1.165, 1.54) is 10.9 Å². The average Bonchev–Trinajstić information content (AvgIpc) is 2.90. The summed E-state index contributed by atoms with van der Waals surface area (Å²) in [4.78, 5) is 0. The van der Waals surface area contributed by atoms with E-state index >= 15 is 0 Å². The maximum Gasteiger partial charge on any atom is 0.119 e. The van der Waals surface area contributed by atoms with Crippen LogP contribution in [0.3, 0.4) is 0 Å². The summed E-state index contributed by atoms with van der Waals surface area (Å²) in [5.41, 5.74) is 1.26. The van der Waals surface area contributed by atoms with Crippen LogP contribution in [0.5, 0.6) is 5.75 Å². The number of aromatic nitrogens is 1. The van der Waals surface area contributed by atoms with Crippen LogP contribution in [0.15, 0.2) is 65.3 Å². The molecule has 1 aromatic heterocycles. The number of rotatable bonds is 5. The molecule has 0 N–H and O–H groups in total. The molecule has 2 aromatic carbocycles. The Morgan fingerprint density at radius 1 is 0.950 bits per heavy atom. The topological polar surface area (TPSA) is 14.2 Å². The molecule has 0 aliphatic heterocycles. The molecule has 0 spiro atoms. The van der Waals surface area contributed by atoms with E-state index in [0.29, 0.717) is 0 Å². The van der Waals surface area contributed by atoms with Crippen LogP contribution in [0.1, 0.15) is 6.42 Å². The summed E-state index contributed by atoms with van der Waals surface area (Å²) in [6, 6.07) is 18.4. The second-order valence-electron chi connectivity index (χ2n) is 4.70. The predicted molar refractivity (Wildman–Crippen MR) is 86.2 cm³/mol. The van der Waals surface area contributed by atoms with Gasteiger partial charge in [0.2, 0.25) is 0 Å². The van der Waals surface area contributed by atoms with E-state index in [4.69, 9.17) is 4.74 Å². The van der Waals surface area contributed by atoms with Gasteiger partial charge in [0.25, 0.3) is 0 Å². The van der Waals surface area contributed by atoms with E-state index in [9.17, 15) is 0 Å². The number of halogens is 1. The molecule has 0 aliphatic rings. The molecule has 0 unspecified atom stereocenters. The number of fused-ring (bicyclic) bond motifs is 1. The van der Waals surface area contributed by atoms with Crippen LogP contribution < -0.4 is 4.74 Å². The van der Waals surface area contributed by atoms with Gasteiger partial charge < -0.3 is 9.30 Å². The molecule has 0 saturated carbocycles. The van der Waals surface area contributed by atoms with Crippen molar-refractivity contribution < 1.29 is 4.74 Å². The average molecular weight is 330 g/mol. The Kier molecular flexibility index (Phi) is 4.07.